The summed E-state index contributed by atoms with van der Waals surface area (Å²) < 4.78 is 29.6. The number of rotatable bonds is 6. The van der Waals surface area contributed by atoms with Gasteiger partial charge in [-0.25, -0.2) is 8.42 Å². The maximum atomic E-state index is 12.0. The van der Waals surface area contributed by atoms with Gasteiger partial charge in [0.15, 0.2) is 9.84 Å². The molecule has 0 aliphatic carbocycles. The smallest absolute Gasteiger partial charge is 0.178 e. The summed E-state index contributed by atoms with van der Waals surface area (Å²) in [5, 5.41) is 9.20. The van der Waals surface area contributed by atoms with E-state index in [2.05, 4.69) is 0 Å². The molecular formula is C16H18O4S. The number of hydrogen-bond acceptors (Lipinski definition) is 4. The molecule has 2 aromatic carbocycles. The molecule has 2 aromatic rings. The zero-order valence-corrected chi connectivity index (χ0v) is 12.6. The molecule has 5 heteroatoms. The van der Waals surface area contributed by atoms with Gasteiger partial charge in [-0.2, -0.15) is 0 Å². The molecule has 0 bridgehead atoms. The van der Waals surface area contributed by atoms with Crippen molar-refractivity contribution in [1.29, 1.82) is 0 Å². The van der Waals surface area contributed by atoms with Crippen LogP contribution < -0.4 is 4.74 Å². The van der Waals surface area contributed by atoms with Gasteiger partial charge in [-0.3, -0.25) is 0 Å². The fourth-order valence-electron chi connectivity index (χ4n) is 1.82. The molecular weight excluding hydrogens is 288 g/mol. The number of benzene rings is 2. The van der Waals surface area contributed by atoms with E-state index in [0.717, 1.165) is 6.42 Å². The average Bonchev–Trinajstić information content (AvgIpc) is 2.48. The Morgan fingerprint density at radius 3 is 2.00 bits per heavy atom. The molecule has 4 nitrogen and oxygen atoms in total. The zero-order valence-electron chi connectivity index (χ0n) is 11.8. The summed E-state index contributed by atoms with van der Waals surface area (Å²) in [4.78, 5) is 0.314. The third-order valence-corrected chi connectivity index (χ3v) is 4.84. The van der Waals surface area contributed by atoms with Crippen LogP contribution in [0.5, 0.6) is 17.2 Å². The van der Waals surface area contributed by atoms with E-state index >= 15 is 0 Å². The summed E-state index contributed by atoms with van der Waals surface area (Å²) in [7, 11) is -3.21. The molecule has 0 heterocycles. The predicted octanol–water partition coefficient (Wildman–Crippen LogP) is 3.76. The van der Waals surface area contributed by atoms with Crippen molar-refractivity contribution in [1.82, 2.24) is 0 Å². The summed E-state index contributed by atoms with van der Waals surface area (Å²) in [6, 6.07) is 12.7. The lowest BCUT2D eigenvalue weighted by Gasteiger charge is -2.07. The Labute approximate surface area is 124 Å². The Hall–Kier alpha value is -2.01. The summed E-state index contributed by atoms with van der Waals surface area (Å²) in [5.41, 5.74) is 0. The highest BCUT2D eigenvalue weighted by Crippen LogP contribution is 2.25. The molecule has 0 saturated carbocycles. The van der Waals surface area contributed by atoms with Gasteiger partial charge in [0.1, 0.15) is 17.2 Å². The average molecular weight is 306 g/mol. The molecule has 1 N–H and O–H groups in total. The molecule has 0 amide bonds. The highest BCUT2D eigenvalue weighted by atomic mass is 32.2. The fourth-order valence-corrected chi connectivity index (χ4v) is 3.27. The number of ether oxygens (including phenoxy) is 1. The quantitative estimate of drug-likeness (QED) is 0.882. The van der Waals surface area contributed by atoms with E-state index in [1.165, 1.54) is 12.1 Å². The van der Waals surface area contributed by atoms with Crippen LogP contribution in [0, 0.1) is 0 Å². The van der Waals surface area contributed by atoms with Crippen LogP contribution in [0.25, 0.3) is 0 Å². The summed E-state index contributed by atoms with van der Waals surface area (Å²) >= 11 is 0. The minimum absolute atomic E-state index is 0.166. The summed E-state index contributed by atoms with van der Waals surface area (Å²) in [5.74, 6) is 1.46. The summed E-state index contributed by atoms with van der Waals surface area (Å²) in [6.07, 6.45) is 1.51. The first kappa shape index (κ1) is 15.4. The number of hydrogen-bond donors (Lipinski definition) is 1. The monoisotopic (exact) mass is 306 g/mol. The first-order valence-electron chi connectivity index (χ1n) is 6.81. The van der Waals surface area contributed by atoms with Gasteiger partial charge in [0.25, 0.3) is 0 Å². The Kier molecular flexibility index (Phi) is 4.85. The maximum absolute atomic E-state index is 12.0. The fraction of sp³-hybridized carbons (Fsp3) is 0.250. The second-order valence-corrected chi connectivity index (χ2v) is 6.85. The Bertz CT molecular complexity index is 673. The molecule has 112 valence electrons. The molecule has 0 fully saturated rings. The van der Waals surface area contributed by atoms with Crippen molar-refractivity contribution in [3.63, 3.8) is 0 Å². The van der Waals surface area contributed by atoms with Crippen LogP contribution in [-0.2, 0) is 9.84 Å². The first-order chi connectivity index (χ1) is 10.0. The Morgan fingerprint density at radius 2 is 1.48 bits per heavy atom. The van der Waals surface area contributed by atoms with Gasteiger partial charge in [0.2, 0.25) is 0 Å². The van der Waals surface area contributed by atoms with Crippen molar-refractivity contribution in [2.24, 2.45) is 0 Å². The second-order valence-electron chi connectivity index (χ2n) is 4.74. The van der Waals surface area contributed by atoms with Gasteiger partial charge in [0.05, 0.1) is 10.6 Å². The molecule has 0 aliphatic heterocycles. The SMILES string of the molecule is CCCCS(=O)(=O)c1ccc(Oc2ccc(O)cc2)cc1. The van der Waals surface area contributed by atoms with Gasteiger partial charge in [0, 0.05) is 0 Å². The standard InChI is InChI=1S/C16H18O4S/c1-2-3-12-21(18,19)16-10-8-15(9-11-16)20-14-6-4-13(17)5-7-14/h4-11,17H,2-3,12H2,1H3. The molecule has 0 aliphatic rings. The van der Waals surface area contributed by atoms with Gasteiger partial charge < -0.3 is 9.84 Å². The highest BCUT2D eigenvalue weighted by Gasteiger charge is 2.13. The van der Waals surface area contributed by atoms with E-state index in [9.17, 15) is 13.5 Å². The van der Waals surface area contributed by atoms with Crippen LogP contribution in [-0.4, -0.2) is 19.3 Å². The highest BCUT2D eigenvalue weighted by molar-refractivity contribution is 7.91. The number of phenolic OH excluding ortho intramolecular Hbond substituents is 1. The summed E-state index contributed by atoms with van der Waals surface area (Å²) in [6.45, 7) is 1.96. The van der Waals surface area contributed by atoms with Crippen molar-refractivity contribution >= 4 is 9.84 Å². The van der Waals surface area contributed by atoms with Crippen LogP contribution in [0.4, 0.5) is 0 Å². The lowest BCUT2D eigenvalue weighted by atomic mass is 10.3. The van der Waals surface area contributed by atoms with Gasteiger partial charge in [-0.05, 0) is 55.0 Å². The van der Waals surface area contributed by atoms with Crippen LogP contribution in [0.3, 0.4) is 0 Å². The van der Waals surface area contributed by atoms with E-state index in [1.54, 1.807) is 36.4 Å². The second kappa shape index (κ2) is 6.63. The molecule has 0 unspecified atom stereocenters. The maximum Gasteiger partial charge on any atom is 0.178 e. The van der Waals surface area contributed by atoms with Crippen molar-refractivity contribution in [2.75, 3.05) is 5.75 Å². The van der Waals surface area contributed by atoms with Crippen LogP contribution in [0.2, 0.25) is 0 Å². The minimum Gasteiger partial charge on any atom is -0.508 e. The molecule has 2 rings (SSSR count). The van der Waals surface area contributed by atoms with Crippen LogP contribution >= 0.6 is 0 Å². The minimum atomic E-state index is -3.21. The normalized spacial score (nSPS) is 11.3. The van der Waals surface area contributed by atoms with Gasteiger partial charge in [-0.1, -0.05) is 13.3 Å². The van der Waals surface area contributed by atoms with Gasteiger partial charge >= 0.3 is 0 Å². The molecule has 0 saturated heterocycles. The lowest BCUT2D eigenvalue weighted by molar-refractivity contribution is 0.464. The molecule has 21 heavy (non-hydrogen) atoms. The predicted molar refractivity (Wildman–Crippen MR) is 81.6 cm³/mol. The largest absolute Gasteiger partial charge is 0.508 e. The van der Waals surface area contributed by atoms with Crippen LogP contribution in [0.1, 0.15) is 19.8 Å². The molecule has 0 radical (unpaired) electrons. The van der Waals surface area contributed by atoms with E-state index in [0.29, 0.717) is 22.8 Å². The van der Waals surface area contributed by atoms with E-state index in [-0.39, 0.29) is 11.5 Å². The molecule has 0 atom stereocenters. The Morgan fingerprint density at radius 1 is 0.952 bits per heavy atom. The molecule has 0 spiro atoms. The topological polar surface area (TPSA) is 63.6 Å². The number of sulfone groups is 1. The van der Waals surface area contributed by atoms with Crippen LogP contribution in [0.15, 0.2) is 53.4 Å². The third kappa shape index (κ3) is 4.23. The van der Waals surface area contributed by atoms with Crippen molar-refractivity contribution in [3.8, 4) is 17.2 Å². The van der Waals surface area contributed by atoms with Gasteiger partial charge in [-0.15, -0.1) is 0 Å². The van der Waals surface area contributed by atoms with E-state index in [1.807, 2.05) is 6.92 Å². The lowest BCUT2D eigenvalue weighted by Crippen LogP contribution is -2.06. The van der Waals surface area contributed by atoms with E-state index < -0.39 is 9.84 Å². The zero-order chi connectivity index (χ0) is 15.3. The first-order valence-corrected chi connectivity index (χ1v) is 8.46. The number of phenols is 1. The van der Waals surface area contributed by atoms with Crippen molar-refractivity contribution < 1.29 is 18.3 Å². The van der Waals surface area contributed by atoms with Crippen molar-refractivity contribution in [2.45, 2.75) is 24.7 Å². The Balaban J connectivity index is 2.10. The van der Waals surface area contributed by atoms with E-state index in [4.69, 9.17) is 4.74 Å². The number of aromatic hydroxyl groups is 1. The third-order valence-electron chi connectivity index (χ3n) is 3.02. The molecule has 0 aromatic heterocycles. The number of unbranched alkanes of at least 4 members (excludes halogenated alkanes) is 1. The van der Waals surface area contributed by atoms with Crippen molar-refractivity contribution in [3.05, 3.63) is 48.5 Å².